The molecule has 2 saturated carbocycles. The fraction of sp³-hybridized carbons (Fsp3) is 0.360. The molecule has 1 spiro atoms. The molecule has 0 heterocycles. The molecule has 2 bridgehead atoms. The molecule has 3 atom stereocenters. The van der Waals surface area contributed by atoms with Gasteiger partial charge in [-0.05, 0) is 89.4 Å². The molecule has 0 aromatic heterocycles. The van der Waals surface area contributed by atoms with Gasteiger partial charge in [0, 0.05) is 20.6 Å². The Morgan fingerprint density at radius 2 is 1.68 bits per heavy atom. The predicted molar refractivity (Wildman–Crippen MR) is 121 cm³/mol. The van der Waals surface area contributed by atoms with E-state index in [2.05, 4.69) is 55.0 Å². The van der Waals surface area contributed by atoms with Gasteiger partial charge in [0.2, 0.25) is 0 Å². The lowest BCUT2D eigenvalue weighted by Gasteiger charge is -2.36. The van der Waals surface area contributed by atoms with E-state index in [0.717, 1.165) is 17.2 Å². The second-order valence-corrected chi connectivity index (χ2v) is 10.4. The molecule has 2 unspecified atom stereocenters. The summed E-state index contributed by atoms with van der Waals surface area (Å²) >= 11 is 3.56. The van der Waals surface area contributed by atoms with Gasteiger partial charge in [0.15, 0.2) is 0 Å². The monoisotopic (exact) mass is 404 g/mol. The van der Waals surface area contributed by atoms with E-state index in [-0.39, 0.29) is 5.41 Å². The van der Waals surface area contributed by atoms with Crippen LogP contribution in [0.5, 0.6) is 5.75 Å². The summed E-state index contributed by atoms with van der Waals surface area (Å²) < 4.78 is 0. The van der Waals surface area contributed by atoms with E-state index in [1.54, 1.807) is 23.5 Å². The van der Waals surface area contributed by atoms with Crippen molar-refractivity contribution >= 4 is 34.3 Å². The third kappa shape index (κ3) is 2.02. The highest BCUT2D eigenvalue weighted by atomic mass is 32.2. The molecular weight excluding hydrogens is 380 g/mol. The van der Waals surface area contributed by atoms with Gasteiger partial charge in [0.05, 0.1) is 0 Å². The van der Waals surface area contributed by atoms with Crippen molar-refractivity contribution in [3.8, 4) is 16.9 Å². The van der Waals surface area contributed by atoms with Gasteiger partial charge in [-0.25, -0.2) is 0 Å². The Hall–Kier alpha value is -1.58. The molecular formula is C25H24OS2. The highest BCUT2D eigenvalue weighted by Crippen LogP contribution is 2.67. The highest BCUT2D eigenvalue weighted by molar-refractivity contribution is 8.01. The van der Waals surface area contributed by atoms with Gasteiger partial charge in [-0.1, -0.05) is 30.7 Å². The summed E-state index contributed by atoms with van der Waals surface area (Å²) in [6.45, 7) is 0. The van der Waals surface area contributed by atoms with Crippen LogP contribution in [0.4, 0.5) is 0 Å². The van der Waals surface area contributed by atoms with Crippen molar-refractivity contribution in [2.24, 2.45) is 11.8 Å². The fourth-order valence-electron chi connectivity index (χ4n) is 6.60. The minimum Gasteiger partial charge on any atom is -0.507 e. The first kappa shape index (κ1) is 17.3. The normalized spacial score (nSPS) is 26.9. The molecule has 3 aliphatic rings. The fourth-order valence-corrected chi connectivity index (χ4v) is 8.09. The molecule has 0 amide bonds. The van der Waals surface area contributed by atoms with Crippen molar-refractivity contribution in [1.29, 1.82) is 0 Å². The molecule has 1 nitrogen and oxygen atoms in total. The van der Waals surface area contributed by atoms with Crippen molar-refractivity contribution < 1.29 is 5.11 Å². The van der Waals surface area contributed by atoms with Crippen LogP contribution in [0.2, 0.25) is 0 Å². The SMILES string of the molecule is CSc1cc2c(O)cc3c(c2cc1SC)-c1ccccc1C31C[C@@H]2CCC1C2. The van der Waals surface area contributed by atoms with E-state index in [4.69, 9.17) is 0 Å². The molecule has 0 radical (unpaired) electrons. The molecule has 142 valence electrons. The molecule has 2 fully saturated rings. The summed E-state index contributed by atoms with van der Waals surface area (Å²) in [6, 6.07) is 15.7. The highest BCUT2D eigenvalue weighted by Gasteiger charge is 2.57. The Morgan fingerprint density at radius 3 is 2.36 bits per heavy atom. The third-order valence-electron chi connectivity index (χ3n) is 7.63. The van der Waals surface area contributed by atoms with E-state index in [0.29, 0.717) is 5.75 Å². The average molecular weight is 405 g/mol. The van der Waals surface area contributed by atoms with Crippen LogP contribution in [0, 0.1) is 11.8 Å². The zero-order valence-corrected chi connectivity index (χ0v) is 17.9. The molecule has 0 saturated heterocycles. The Kier molecular flexibility index (Phi) is 3.68. The second kappa shape index (κ2) is 5.96. The molecule has 0 aliphatic heterocycles. The van der Waals surface area contributed by atoms with Crippen LogP contribution in [0.3, 0.4) is 0 Å². The van der Waals surface area contributed by atoms with Crippen LogP contribution in [0.1, 0.15) is 36.8 Å². The predicted octanol–water partition coefficient (Wildman–Crippen LogP) is 7.08. The maximum atomic E-state index is 11.1. The maximum Gasteiger partial charge on any atom is 0.123 e. The lowest BCUT2D eigenvalue weighted by molar-refractivity contribution is 0.326. The Balaban J connectivity index is 1.74. The van der Waals surface area contributed by atoms with Crippen LogP contribution < -0.4 is 0 Å². The van der Waals surface area contributed by atoms with E-state index in [1.165, 1.54) is 63.1 Å². The lowest BCUT2D eigenvalue weighted by Crippen LogP contribution is -2.31. The van der Waals surface area contributed by atoms with Gasteiger partial charge in [-0.3, -0.25) is 0 Å². The van der Waals surface area contributed by atoms with Crippen LogP contribution in [-0.2, 0) is 5.41 Å². The number of hydrogen-bond acceptors (Lipinski definition) is 3. The molecule has 28 heavy (non-hydrogen) atoms. The smallest absolute Gasteiger partial charge is 0.123 e. The zero-order valence-electron chi connectivity index (χ0n) is 16.3. The van der Waals surface area contributed by atoms with Gasteiger partial charge < -0.3 is 5.11 Å². The van der Waals surface area contributed by atoms with Crippen molar-refractivity contribution in [2.75, 3.05) is 12.5 Å². The maximum absolute atomic E-state index is 11.1. The largest absolute Gasteiger partial charge is 0.507 e. The number of phenols is 1. The van der Waals surface area contributed by atoms with Gasteiger partial charge >= 0.3 is 0 Å². The van der Waals surface area contributed by atoms with Crippen molar-refractivity contribution in [2.45, 2.75) is 40.9 Å². The molecule has 3 aromatic rings. The van der Waals surface area contributed by atoms with Gasteiger partial charge in [-0.2, -0.15) is 0 Å². The quantitative estimate of drug-likeness (QED) is 0.461. The minimum absolute atomic E-state index is 0.123. The van der Waals surface area contributed by atoms with Crippen molar-refractivity contribution in [1.82, 2.24) is 0 Å². The Bertz CT molecular complexity index is 1140. The number of phenolic OH excluding ortho intramolecular Hbond substituents is 1. The summed E-state index contributed by atoms with van der Waals surface area (Å²) in [5.74, 6) is 2.02. The summed E-state index contributed by atoms with van der Waals surface area (Å²) in [6.07, 6.45) is 9.59. The van der Waals surface area contributed by atoms with Crippen LogP contribution in [0.15, 0.2) is 52.3 Å². The standard InChI is InChI=1S/C25H24OS2/c1-27-22-10-17-18(11-23(22)28-2)24-16-5-3-4-6-19(16)25(20(24)12-21(17)26)13-14-7-8-15(25)9-14/h3-6,10-12,14-15,26H,7-9,13H2,1-2H3/t14-,15?,25?/m1/s1. The summed E-state index contributed by atoms with van der Waals surface area (Å²) in [7, 11) is 0. The van der Waals surface area contributed by atoms with E-state index >= 15 is 0 Å². The van der Waals surface area contributed by atoms with Crippen molar-refractivity contribution in [3.63, 3.8) is 0 Å². The van der Waals surface area contributed by atoms with Crippen molar-refractivity contribution in [3.05, 3.63) is 53.6 Å². The second-order valence-electron chi connectivity index (χ2n) is 8.67. The summed E-state index contributed by atoms with van der Waals surface area (Å²) in [5, 5.41) is 13.3. The van der Waals surface area contributed by atoms with Crippen LogP contribution >= 0.6 is 23.5 Å². The lowest BCUT2D eigenvalue weighted by atomic mass is 9.66. The topological polar surface area (TPSA) is 20.2 Å². The minimum atomic E-state index is 0.123. The number of rotatable bonds is 2. The first-order chi connectivity index (χ1) is 13.7. The van der Waals surface area contributed by atoms with Crippen LogP contribution in [-0.4, -0.2) is 17.6 Å². The molecule has 3 aliphatic carbocycles. The molecule has 3 aromatic carbocycles. The van der Waals surface area contributed by atoms with E-state index in [9.17, 15) is 5.11 Å². The number of benzene rings is 3. The first-order valence-corrected chi connectivity index (χ1v) is 12.6. The number of aromatic hydroxyl groups is 1. The number of fused-ring (bicyclic) bond motifs is 10. The third-order valence-corrected chi connectivity index (χ3v) is 9.31. The summed E-state index contributed by atoms with van der Waals surface area (Å²) in [4.78, 5) is 2.55. The Morgan fingerprint density at radius 1 is 0.929 bits per heavy atom. The van der Waals surface area contributed by atoms with Gasteiger partial charge in [0.1, 0.15) is 5.75 Å². The zero-order chi connectivity index (χ0) is 19.0. The first-order valence-electron chi connectivity index (χ1n) is 10.2. The Labute approximate surface area is 174 Å². The number of hydrogen-bond donors (Lipinski definition) is 1. The molecule has 1 N–H and O–H groups in total. The average Bonchev–Trinajstić information content (AvgIpc) is 3.41. The molecule has 3 heteroatoms. The van der Waals surface area contributed by atoms with E-state index in [1.807, 2.05) is 0 Å². The van der Waals surface area contributed by atoms with Crippen LogP contribution in [0.25, 0.3) is 21.9 Å². The van der Waals surface area contributed by atoms with Gasteiger partial charge in [-0.15, -0.1) is 23.5 Å². The van der Waals surface area contributed by atoms with Gasteiger partial charge in [0.25, 0.3) is 0 Å². The molecule has 6 rings (SSSR count). The van der Waals surface area contributed by atoms with E-state index < -0.39 is 0 Å². The summed E-state index contributed by atoms with van der Waals surface area (Å²) in [5.41, 5.74) is 5.83. The number of thioether (sulfide) groups is 2.